The van der Waals surface area contributed by atoms with Crippen molar-refractivity contribution in [3.63, 3.8) is 0 Å². The highest BCUT2D eigenvalue weighted by Crippen LogP contribution is 2.14. The van der Waals surface area contributed by atoms with Crippen molar-refractivity contribution in [2.75, 3.05) is 18.1 Å². The van der Waals surface area contributed by atoms with Gasteiger partial charge in [-0.05, 0) is 23.3 Å². The summed E-state index contributed by atoms with van der Waals surface area (Å²) in [6, 6.07) is 15.8. The number of hydrogen-bond acceptors (Lipinski definition) is 5. The number of sulfonamides is 1. The normalized spacial score (nSPS) is 11.9. The van der Waals surface area contributed by atoms with Crippen LogP contribution in [0.25, 0.3) is 0 Å². The molecule has 10 heteroatoms. The van der Waals surface area contributed by atoms with E-state index >= 15 is 0 Å². The van der Waals surface area contributed by atoms with Gasteiger partial charge in [-0.15, -0.1) is 0 Å². The van der Waals surface area contributed by atoms with Crippen LogP contribution in [0.1, 0.15) is 11.1 Å². The second-order valence-electron chi connectivity index (χ2n) is 6.14. The van der Waals surface area contributed by atoms with Crippen molar-refractivity contribution in [1.29, 1.82) is 0 Å². The first-order valence-corrected chi connectivity index (χ1v) is 12.6. The summed E-state index contributed by atoms with van der Waals surface area (Å²) in [5, 5.41) is 2.34. The molecule has 2 N–H and O–H groups in total. The third-order valence-electron chi connectivity index (χ3n) is 3.66. The van der Waals surface area contributed by atoms with Gasteiger partial charge in [-0.1, -0.05) is 58.4 Å². The highest BCUT2D eigenvalue weighted by molar-refractivity contribution is 9.10. The van der Waals surface area contributed by atoms with E-state index < -0.39 is 31.5 Å². The lowest BCUT2D eigenvalue weighted by Crippen LogP contribution is -2.37. The Morgan fingerprint density at radius 1 is 0.929 bits per heavy atom. The Hall–Kier alpha value is -1.75. The van der Waals surface area contributed by atoms with Gasteiger partial charge in [-0.2, -0.15) is 0 Å². The van der Waals surface area contributed by atoms with E-state index in [9.17, 15) is 21.6 Å². The van der Waals surface area contributed by atoms with Crippen LogP contribution in [0.3, 0.4) is 0 Å². The summed E-state index contributed by atoms with van der Waals surface area (Å²) >= 11 is 3.26. The van der Waals surface area contributed by atoms with Gasteiger partial charge in [-0.3, -0.25) is 4.79 Å². The van der Waals surface area contributed by atoms with Gasteiger partial charge in [0.2, 0.25) is 15.9 Å². The Bertz CT molecular complexity index is 1010. The van der Waals surface area contributed by atoms with E-state index in [-0.39, 0.29) is 24.6 Å². The molecule has 0 unspecified atom stereocenters. The van der Waals surface area contributed by atoms with Crippen LogP contribution in [0.5, 0.6) is 0 Å². The van der Waals surface area contributed by atoms with Gasteiger partial charge in [0.25, 0.3) is 0 Å². The van der Waals surface area contributed by atoms with E-state index in [0.717, 1.165) is 10.0 Å². The molecule has 7 nitrogen and oxygen atoms in total. The summed E-state index contributed by atoms with van der Waals surface area (Å²) in [4.78, 5) is 11.9. The molecule has 2 rings (SSSR count). The largest absolute Gasteiger partial charge is 0.354 e. The number of hydrogen-bond donors (Lipinski definition) is 2. The van der Waals surface area contributed by atoms with Gasteiger partial charge < -0.3 is 5.32 Å². The predicted molar refractivity (Wildman–Crippen MR) is 112 cm³/mol. The molecule has 0 fully saturated rings. The van der Waals surface area contributed by atoms with Crippen LogP contribution in [0, 0.1) is 0 Å². The van der Waals surface area contributed by atoms with Gasteiger partial charge in [-0.25, -0.2) is 21.6 Å². The number of amides is 1. The van der Waals surface area contributed by atoms with E-state index in [4.69, 9.17) is 0 Å². The minimum absolute atomic E-state index is 0.151. The highest BCUT2D eigenvalue weighted by Gasteiger charge is 2.18. The molecule has 0 heterocycles. The number of halogens is 1. The topological polar surface area (TPSA) is 109 Å². The Balaban J connectivity index is 1.76. The summed E-state index contributed by atoms with van der Waals surface area (Å²) in [5.41, 5.74) is 1.38. The molecule has 2 aromatic rings. The van der Waals surface area contributed by atoms with Crippen LogP contribution < -0.4 is 10.0 Å². The Labute approximate surface area is 173 Å². The molecule has 1 amide bonds. The lowest BCUT2D eigenvalue weighted by molar-refractivity contribution is -0.118. The molecule has 0 saturated carbocycles. The maximum atomic E-state index is 12.1. The van der Waals surface area contributed by atoms with E-state index in [0.29, 0.717) is 5.56 Å². The molecule has 0 spiro atoms. The summed E-state index contributed by atoms with van der Waals surface area (Å²) in [6.45, 7) is -0.0203. The summed E-state index contributed by atoms with van der Waals surface area (Å²) in [6.07, 6.45) is 0. The van der Waals surface area contributed by atoms with Gasteiger partial charge >= 0.3 is 0 Å². The molecule has 2 aromatic carbocycles. The van der Waals surface area contributed by atoms with Crippen molar-refractivity contribution in [3.8, 4) is 0 Å². The molecule has 0 aromatic heterocycles. The van der Waals surface area contributed by atoms with Crippen molar-refractivity contribution in [2.24, 2.45) is 0 Å². The maximum absolute atomic E-state index is 12.1. The van der Waals surface area contributed by atoms with Crippen LogP contribution in [0.15, 0.2) is 59.1 Å². The van der Waals surface area contributed by atoms with Gasteiger partial charge in [0, 0.05) is 17.6 Å². The van der Waals surface area contributed by atoms with Crippen molar-refractivity contribution in [2.45, 2.75) is 12.3 Å². The average Bonchev–Trinajstić information content (AvgIpc) is 2.60. The summed E-state index contributed by atoms with van der Waals surface area (Å²) < 4.78 is 51.4. The third kappa shape index (κ3) is 8.51. The number of sulfone groups is 1. The van der Waals surface area contributed by atoms with Crippen LogP contribution >= 0.6 is 15.9 Å². The zero-order valence-corrected chi connectivity index (χ0v) is 18.2. The van der Waals surface area contributed by atoms with Gasteiger partial charge in [0.1, 0.15) is 5.75 Å². The first-order valence-electron chi connectivity index (χ1n) is 8.38. The van der Waals surface area contributed by atoms with Crippen LogP contribution in [0.2, 0.25) is 0 Å². The van der Waals surface area contributed by atoms with Crippen LogP contribution in [0.4, 0.5) is 0 Å². The lowest BCUT2D eigenvalue weighted by Gasteiger charge is -2.09. The monoisotopic (exact) mass is 488 g/mol. The third-order valence-corrected chi connectivity index (χ3v) is 6.95. The Morgan fingerprint density at radius 2 is 1.61 bits per heavy atom. The summed E-state index contributed by atoms with van der Waals surface area (Å²) in [7, 11) is -7.25. The molecule has 0 saturated heterocycles. The second-order valence-corrected chi connectivity index (χ2v) is 11.0. The Morgan fingerprint density at radius 3 is 2.29 bits per heavy atom. The van der Waals surface area contributed by atoms with Gasteiger partial charge in [0.05, 0.1) is 11.5 Å². The Kier molecular flexibility index (Phi) is 8.17. The molecular formula is C18H21BrN2O5S2. The minimum Gasteiger partial charge on any atom is -0.354 e. The van der Waals surface area contributed by atoms with E-state index in [1.54, 1.807) is 48.5 Å². The van der Waals surface area contributed by atoms with Crippen LogP contribution in [-0.2, 0) is 37.0 Å². The van der Waals surface area contributed by atoms with E-state index in [1.807, 2.05) is 6.07 Å². The fraction of sp³-hybridized carbons (Fsp3) is 0.278. The SMILES string of the molecule is O=C(CS(=O)(=O)Cc1cccc(Br)c1)NCCS(=O)(=O)NCc1ccccc1. The molecule has 0 aliphatic rings. The molecule has 0 aliphatic carbocycles. The smallest absolute Gasteiger partial charge is 0.235 e. The first kappa shape index (κ1) is 22.5. The number of rotatable bonds is 10. The second kappa shape index (κ2) is 10.1. The van der Waals surface area contributed by atoms with Crippen molar-refractivity contribution in [3.05, 3.63) is 70.2 Å². The molecule has 28 heavy (non-hydrogen) atoms. The van der Waals surface area contributed by atoms with E-state index in [2.05, 4.69) is 26.0 Å². The minimum atomic E-state index is -3.66. The molecular weight excluding hydrogens is 468 g/mol. The van der Waals surface area contributed by atoms with Crippen molar-refractivity contribution >= 4 is 41.7 Å². The highest BCUT2D eigenvalue weighted by atomic mass is 79.9. The van der Waals surface area contributed by atoms with E-state index in [1.165, 1.54) is 0 Å². The summed E-state index contributed by atoms with van der Waals surface area (Å²) in [5.74, 6) is -2.03. The zero-order chi connectivity index (χ0) is 20.6. The average molecular weight is 489 g/mol. The number of nitrogens with one attached hydrogen (secondary N) is 2. The standard InChI is InChI=1S/C18H21BrN2O5S2/c19-17-8-4-7-16(11-17)13-27(23,24)14-18(22)20-9-10-28(25,26)21-12-15-5-2-1-3-6-15/h1-8,11,21H,9-10,12-14H2,(H,20,22). The van der Waals surface area contributed by atoms with Gasteiger partial charge in [0.15, 0.2) is 9.84 Å². The van der Waals surface area contributed by atoms with Crippen molar-refractivity contribution in [1.82, 2.24) is 10.0 Å². The maximum Gasteiger partial charge on any atom is 0.235 e. The molecule has 0 radical (unpaired) electrons. The molecule has 0 atom stereocenters. The van der Waals surface area contributed by atoms with Crippen LogP contribution in [-0.4, -0.2) is 40.8 Å². The lowest BCUT2D eigenvalue weighted by atomic mass is 10.2. The number of carbonyl (C=O) groups excluding carboxylic acids is 1. The molecule has 0 aliphatic heterocycles. The predicted octanol–water partition coefficient (Wildman–Crippen LogP) is 1.60. The number of benzene rings is 2. The van der Waals surface area contributed by atoms with Crippen molar-refractivity contribution < 1.29 is 21.6 Å². The zero-order valence-electron chi connectivity index (χ0n) is 15.0. The molecule has 152 valence electrons. The first-order chi connectivity index (χ1) is 13.2. The quantitative estimate of drug-likeness (QED) is 0.527. The fourth-order valence-corrected chi connectivity index (χ4v) is 5.01. The number of carbonyl (C=O) groups is 1. The molecule has 0 bridgehead atoms. The fourth-order valence-electron chi connectivity index (χ4n) is 2.37.